The van der Waals surface area contributed by atoms with E-state index in [4.69, 9.17) is 22.3 Å². The zero-order valence-corrected chi connectivity index (χ0v) is 11.9. The Morgan fingerprint density at radius 3 is 2.56 bits per heavy atom. The highest BCUT2D eigenvalue weighted by Crippen LogP contribution is 2.29. The summed E-state index contributed by atoms with van der Waals surface area (Å²) in [4.78, 5) is 13.2. The monoisotopic (exact) mass is 307 g/mol. The van der Waals surface area contributed by atoms with Crippen molar-refractivity contribution in [1.29, 1.82) is 0 Å². The van der Waals surface area contributed by atoms with Gasteiger partial charge in [0.15, 0.2) is 0 Å². The van der Waals surface area contributed by atoms with Gasteiger partial charge in [-0.3, -0.25) is 4.79 Å². The van der Waals surface area contributed by atoms with E-state index in [9.17, 15) is 13.2 Å². The van der Waals surface area contributed by atoms with Gasteiger partial charge in [-0.25, -0.2) is 8.42 Å². The number of amides is 1. The van der Waals surface area contributed by atoms with Crippen LogP contribution in [-0.4, -0.2) is 26.1 Å². The summed E-state index contributed by atoms with van der Waals surface area (Å²) in [6.07, 6.45) is -0.0860. The molecule has 0 saturated carbocycles. The van der Waals surface area contributed by atoms with Crippen molar-refractivity contribution in [2.24, 2.45) is 0 Å². The van der Waals surface area contributed by atoms with Crippen LogP contribution in [0.5, 0.6) is 0 Å². The minimum absolute atomic E-state index is 0.0735. The fourth-order valence-corrected chi connectivity index (χ4v) is 3.06. The summed E-state index contributed by atoms with van der Waals surface area (Å²) < 4.78 is 22.5. The number of carbonyl (C=O) groups excluding carboxylic acids is 1. The Kier molecular flexibility index (Phi) is 3.58. The first-order chi connectivity index (χ1) is 8.29. The summed E-state index contributed by atoms with van der Waals surface area (Å²) in [5.41, 5.74) is 1.49. The predicted octanol–water partition coefficient (Wildman–Crippen LogP) is 2.32. The standard InChI is InChI=1S/C11H11Cl2NO3S/c1-7-2-3-8(4-10(7)12)14-6-9(5-11(14)15)18(13,16)17/h2-4,9H,5-6H2,1H3. The van der Waals surface area contributed by atoms with Crippen molar-refractivity contribution in [3.63, 3.8) is 0 Å². The summed E-state index contributed by atoms with van der Waals surface area (Å²) in [6, 6.07) is 5.17. The smallest absolute Gasteiger partial charge is 0.237 e. The summed E-state index contributed by atoms with van der Waals surface area (Å²) >= 11 is 5.98. The summed E-state index contributed by atoms with van der Waals surface area (Å²) in [5, 5.41) is -0.316. The molecule has 1 saturated heterocycles. The molecular weight excluding hydrogens is 297 g/mol. The molecule has 1 aliphatic heterocycles. The number of hydrogen-bond acceptors (Lipinski definition) is 3. The van der Waals surface area contributed by atoms with Crippen LogP contribution in [0.4, 0.5) is 5.69 Å². The highest BCUT2D eigenvalue weighted by molar-refractivity contribution is 8.14. The molecule has 0 N–H and O–H groups in total. The number of aryl methyl sites for hydroxylation is 1. The van der Waals surface area contributed by atoms with Gasteiger partial charge < -0.3 is 4.90 Å². The Morgan fingerprint density at radius 1 is 1.39 bits per heavy atom. The van der Waals surface area contributed by atoms with Crippen LogP contribution in [0.25, 0.3) is 0 Å². The number of carbonyl (C=O) groups is 1. The number of benzene rings is 1. The zero-order valence-electron chi connectivity index (χ0n) is 9.56. The molecule has 18 heavy (non-hydrogen) atoms. The SMILES string of the molecule is Cc1ccc(N2CC(S(=O)(=O)Cl)CC2=O)cc1Cl. The van der Waals surface area contributed by atoms with Crippen molar-refractivity contribution >= 4 is 42.9 Å². The van der Waals surface area contributed by atoms with Crippen LogP contribution in [0.15, 0.2) is 18.2 Å². The zero-order chi connectivity index (χ0) is 13.5. The third-order valence-corrected chi connectivity index (χ3v) is 5.23. The highest BCUT2D eigenvalue weighted by Gasteiger charge is 2.38. The lowest BCUT2D eigenvalue weighted by Crippen LogP contribution is -2.26. The maximum atomic E-state index is 11.8. The van der Waals surface area contributed by atoms with Crippen molar-refractivity contribution in [3.8, 4) is 0 Å². The quantitative estimate of drug-likeness (QED) is 0.788. The van der Waals surface area contributed by atoms with Crippen LogP contribution in [0.2, 0.25) is 5.02 Å². The third-order valence-electron chi connectivity index (χ3n) is 2.95. The molecule has 98 valence electrons. The summed E-state index contributed by atoms with van der Waals surface area (Å²) in [5.74, 6) is -0.260. The molecule has 0 aromatic heterocycles. The molecule has 1 atom stereocenters. The minimum atomic E-state index is -3.72. The minimum Gasteiger partial charge on any atom is -0.311 e. The van der Waals surface area contributed by atoms with Gasteiger partial charge in [-0.15, -0.1) is 0 Å². The first kappa shape index (κ1) is 13.6. The van der Waals surface area contributed by atoms with Gasteiger partial charge in [0, 0.05) is 34.4 Å². The summed E-state index contributed by atoms with van der Waals surface area (Å²) in [6.45, 7) is 1.92. The van der Waals surface area contributed by atoms with E-state index in [0.717, 1.165) is 5.56 Å². The van der Waals surface area contributed by atoms with E-state index in [0.29, 0.717) is 10.7 Å². The molecule has 0 spiro atoms. The lowest BCUT2D eigenvalue weighted by atomic mass is 10.2. The van der Waals surface area contributed by atoms with E-state index >= 15 is 0 Å². The lowest BCUT2D eigenvalue weighted by molar-refractivity contribution is -0.117. The van der Waals surface area contributed by atoms with Crippen molar-refractivity contribution in [2.75, 3.05) is 11.4 Å². The molecule has 1 aromatic carbocycles. The lowest BCUT2D eigenvalue weighted by Gasteiger charge is -2.17. The van der Waals surface area contributed by atoms with Crippen molar-refractivity contribution in [2.45, 2.75) is 18.6 Å². The molecule has 1 heterocycles. The molecular formula is C11H11Cl2NO3S. The number of nitrogens with zero attached hydrogens (tertiary/aromatic N) is 1. The molecule has 1 unspecified atom stereocenters. The van der Waals surface area contributed by atoms with E-state index in [2.05, 4.69) is 0 Å². The van der Waals surface area contributed by atoms with E-state index < -0.39 is 14.3 Å². The van der Waals surface area contributed by atoms with Crippen LogP contribution in [0, 0.1) is 6.92 Å². The Bertz CT molecular complexity index is 600. The Hall–Kier alpha value is -0.780. The van der Waals surface area contributed by atoms with E-state index in [1.807, 2.05) is 6.92 Å². The fourth-order valence-electron chi connectivity index (χ4n) is 1.86. The van der Waals surface area contributed by atoms with Crippen molar-refractivity contribution < 1.29 is 13.2 Å². The van der Waals surface area contributed by atoms with E-state index in [-0.39, 0.29) is 18.9 Å². The highest BCUT2D eigenvalue weighted by atomic mass is 35.7. The van der Waals surface area contributed by atoms with Crippen LogP contribution < -0.4 is 4.90 Å². The van der Waals surface area contributed by atoms with Gasteiger partial charge in [0.05, 0.1) is 0 Å². The third kappa shape index (κ3) is 2.63. The predicted molar refractivity (Wildman–Crippen MR) is 71.7 cm³/mol. The molecule has 4 nitrogen and oxygen atoms in total. The number of hydrogen-bond donors (Lipinski definition) is 0. The normalized spacial score (nSPS) is 20.5. The summed E-state index contributed by atoms with van der Waals surface area (Å²) in [7, 11) is 1.56. The van der Waals surface area contributed by atoms with E-state index in [1.54, 1.807) is 18.2 Å². The molecule has 0 aliphatic carbocycles. The molecule has 0 bridgehead atoms. The van der Waals surface area contributed by atoms with Crippen LogP contribution in [0.1, 0.15) is 12.0 Å². The molecule has 7 heteroatoms. The Labute approximate surface area is 115 Å². The second-order valence-electron chi connectivity index (χ2n) is 4.24. The van der Waals surface area contributed by atoms with Crippen molar-refractivity contribution in [3.05, 3.63) is 28.8 Å². The van der Waals surface area contributed by atoms with Crippen LogP contribution in [0.3, 0.4) is 0 Å². The second kappa shape index (κ2) is 4.72. The first-order valence-corrected chi connectivity index (χ1v) is 8.04. The molecule has 2 rings (SSSR count). The molecule has 0 radical (unpaired) electrons. The topological polar surface area (TPSA) is 54.5 Å². The average Bonchev–Trinajstić information content (AvgIpc) is 2.64. The van der Waals surface area contributed by atoms with Gasteiger partial charge in [-0.1, -0.05) is 17.7 Å². The second-order valence-corrected chi connectivity index (χ2v) is 7.55. The first-order valence-electron chi connectivity index (χ1n) is 5.29. The largest absolute Gasteiger partial charge is 0.311 e. The average molecular weight is 308 g/mol. The molecule has 1 amide bonds. The maximum absolute atomic E-state index is 11.8. The molecule has 1 aromatic rings. The maximum Gasteiger partial charge on any atom is 0.237 e. The van der Waals surface area contributed by atoms with Gasteiger partial charge in [0.25, 0.3) is 0 Å². The molecule has 1 aliphatic rings. The van der Waals surface area contributed by atoms with Crippen LogP contribution in [-0.2, 0) is 13.8 Å². The van der Waals surface area contributed by atoms with E-state index in [1.165, 1.54) is 4.90 Å². The van der Waals surface area contributed by atoms with Gasteiger partial charge in [0.2, 0.25) is 15.0 Å². The fraction of sp³-hybridized carbons (Fsp3) is 0.364. The Morgan fingerprint density at radius 2 is 2.06 bits per heavy atom. The van der Waals surface area contributed by atoms with Crippen molar-refractivity contribution in [1.82, 2.24) is 0 Å². The van der Waals surface area contributed by atoms with Gasteiger partial charge >= 0.3 is 0 Å². The molecule has 1 fully saturated rings. The van der Waals surface area contributed by atoms with Gasteiger partial charge in [0.1, 0.15) is 5.25 Å². The van der Waals surface area contributed by atoms with Crippen LogP contribution >= 0.6 is 22.3 Å². The number of anilines is 1. The number of halogens is 2. The van der Waals surface area contributed by atoms with Gasteiger partial charge in [-0.05, 0) is 24.6 Å². The Balaban J connectivity index is 2.30. The van der Waals surface area contributed by atoms with Gasteiger partial charge in [-0.2, -0.15) is 0 Å². The number of rotatable bonds is 2.